The maximum absolute atomic E-state index is 13.3. The molecule has 2 aliphatic heterocycles. The van der Waals surface area contributed by atoms with Gasteiger partial charge in [-0.25, -0.2) is 9.18 Å². The van der Waals surface area contributed by atoms with E-state index in [0.717, 1.165) is 4.90 Å². The second kappa shape index (κ2) is 5.83. The lowest BCUT2D eigenvalue weighted by molar-refractivity contribution is -0.128. The Balaban J connectivity index is 1.77. The molecule has 0 N–H and O–H groups in total. The maximum Gasteiger partial charge on any atom is 0.327 e. The second-order valence-corrected chi connectivity index (χ2v) is 5.49. The first-order chi connectivity index (χ1) is 11.0. The molecule has 23 heavy (non-hydrogen) atoms. The van der Waals surface area contributed by atoms with Gasteiger partial charge >= 0.3 is 6.03 Å². The average molecular weight is 317 g/mol. The number of amides is 4. The molecule has 1 atom stereocenters. The lowest BCUT2D eigenvalue weighted by Gasteiger charge is -2.35. The summed E-state index contributed by atoms with van der Waals surface area (Å²) >= 11 is 0. The number of halogens is 1. The maximum atomic E-state index is 13.3. The van der Waals surface area contributed by atoms with E-state index in [2.05, 4.69) is 6.58 Å². The molecule has 0 aromatic heterocycles. The molecule has 0 unspecified atom stereocenters. The monoisotopic (exact) mass is 317 g/mol. The first kappa shape index (κ1) is 15.2. The van der Waals surface area contributed by atoms with Crippen molar-refractivity contribution in [2.75, 3.05) is 26.2 Å². The van der Waals surface area contributed by atoms with Crippen LogP contribution >= 0.6 is 0 Å². The Morgan fingerprint density at radius 3 is 2.83 bits per heavy atom. The van der Waals surface area contributed by atoms with E-state index in [1.165, 1.54) is 40.1 Å². The standard InChI is InChI=1S/C16H16FN3O3/c1-2-6-20-15(22)13-10-18(7-8-19(13)16(20)23)14(21)11-4-3-5-12(17)9-11/h2-5,9,13H,1,6-8,10H2/t13-/m0/s1. The van der Waals surface area contributed by atoms with Crippen LogP contribution in [-0.4, -0.2) is 64.8 Å². The summed E-state index contributed by atoms with van der Waals surface area (Å²) in [6, 6.07) is 4.41. The van der Waals surface area contributed by atoms with Gasteiger partial charge in [0.2, 0.25) is 0 Å². The summed E-state index contributed by atoms with van der Waals surface area (Å²) < 4.78 is 13.3. The predicted octanol–water partition coefficient (Wildman–Crippen LogP) is 1.10. The third-order valence-electron chi connectivity index (χ3n) is 4.08. The van der Waals surface area contributed by atoms with Crippen LogP contribution in [0, 0.1) is 5.82 Å². The van der Waals surface area contributed by atoms with Gasteiger partial charge in [0.25, 0.3) is 11.8 Å². The molecule has 3 rings (SSSR count). The molecular formula is C16H16FN3O3. The van der Waals surface area contributed by atoms with Crippen LogP contribution in [0.3, 0.4) is 0 Å². The topological polar surface area (TPSA) is 60.9 Å². The van der Waals surface area contributed by atoms with Gasteiger partial charge in [-0.05, 0) is 18.2 Å². The molecule has 6 nitrogen and oxygen atoms in total. The Morgan fingerprint density at radius 2 is 2.13 bits per heavy atom. The molecule has 0 radical (unpaired) electrons. The number of piperazine rings is 1. The summed E-state index contributed by atoms with van der Waals surface area (Å²) in [5.74, 6) is -1.16. The van der Waals surface area contributed by atoms with Crippen LogP contribution in [0.15, 0.2) is 36.9 Å². The smallest absolute Gasteiger partial charge is 0.327 e. The molecule has 4 amide bonds. The number of carbonyl (C=O) groups is 3. The van der Waals surface area contributed by atoms with Gasteiger partial charge in [-0.1, -0.05) is 12.1 Å². The fraction of sp³-hybridized carbons (Fsp3) is 0.312. The molecule has 0 spiro atoms. The van der Waals surface area contributed by atoms with Crippen LogP contribution in [0.25, 0.3) is 0 Å². The molecule has 0 aliphatic carbocycles. The fourth-order valence-corrected chi connectivity index (χ4v) is 2.94. The van der Waals surface area contributed by atoms with Crippen LogP contribution in [0.5, 0.6) is 0 Å². The lowest BCUT2D eigenvalue weighted by Crippen LogP contribution is -2.54. The number of urea groups is 1. The number of fused-ring (bicyclic) bond motifs is 1. The number of imide groups is 1. The highest BCUT2D eigenvalue weighted by molar-refractivity contribution is 6.05. The third-order valence-corrected chi connectivity index (χ3v) is 4.08. The Labute approximate surface area is 132 Å². The van der Waals surface area contributed by atoms with Crippen LogP contribution in [-0.2, 0) is 4.79 Å². The summed E-state index contributed by atoms with van der Waals surface area (Å²) in [4.78, 5) is 41.0. The zero-order valence-corrected chi connectivity index (χ0v) is 12.4. The molecule has 0 saturated carbocycles. The highest BCUT2D eigenvalue weighted by Gasteiger charge is 2.47. The van der Waals surface area contributed by atoms with Gasteiger partial charge in [-0.3, -0.25) is 14.5 Å². The molecule has 120 valence electrons. The largest absolute Gasteiger partial charge is 0.334 e. The van der Waals surface area contributed by atoms with Crippen molar-refractivity contribution in [2.24, 2.45) is 0 Å². The number of hydrogen-bond acceptors (Lipinski definition) is 3. The Hall–Kier alpha value is -2.70. The Bertz CT molecular complexity index is 691. The van der Waals surface area contributed by atoms with Crippen molar-refractivity contribution in [3.8, 4) is 0 Å². The molecule has 0 bridgehead atoms. The summed E-state index contributed by atoms with van der Waals surface area (Å²) in [5.41, 5.74) is 0.234. The Kier molecular flexibility index (Phi) is 3.85. The average Bonchev–Trinajstić information content (AvgIpc) is 2.79. The van der Waals surface area contributed by atoms with Crippen LogP contribution < -0.4 is 0 Å². The van der Waals surface area contributed by atoms with Gasteiger partial charge < -0.3 is 9.80 Å². The number of rotatable bonds is 3. The number of nitrogens with zero attached hydrogens (tertiary/aromatic N) is 3. The minimum Gasteiger partial charge on any atom is -0.334 e. The molecule has 1 aromatic rings. The lowest BCUT2D eigenvalue weighted by atomic mass is 10.1. The first-order valence-corrected chi connectivity index (χ1v) is 7.30. The zero-order valence-electron chi connectivity index (χ0n) is 12.4. The normalized spacial score (nSPS) is 20.7. The van der Waals surface area contributed by atoms with Crippen molar-refractivity contribution in [1.29, 1.82) is 0 Å². The van der Waals surface area contributed by atoms with E-state index in [-0.39, 0.29) is 43.0 Å². The minimum absolute atomic E-state index is 0.119. The molecular weight excluding hydrogens is 301 g/mol. The number of hydrogen-bond donors (Lipinski definition) is 0. The molecule has 2 aliphatic rings. The van der Waals surface area contributed by atoms with E-state index >= 15 is 0 Å². The van der Waals surface area contributed by atoms with Gasteiger partial charge in [0, 0.05) is 25.2 Å². The van der Waals surface area contributed by atoms with E-state index < -0.39 is 11.9 Å². The van der Waals surface area contributed by atoms with E-state index in [9.17, 15) is 18.8 Å². The van der Waals surface area contributed by atoms with Crippen molar-refractivity contribution in [2.45, 2.75) is 6.04 Å². The van der Waals surface area contributed by atoms with Crippen LogP contribution in [0.1, 0.15) is 10.4 Å². The van der Waals surface area contributed by atoms with Crippen LogP contribution in [0.4, 0.5) is 9.18 Å². The van der Waals surface area contributed by atoms with Crippen LogP contribution in [0.2, 0.25) is 0 Å². The van der Waals surface area contributed by atoms with E-state index in [4.69, 9.17) is 0 Å². The van der Waals surface area contributed by atoms with Gasteiger partial charge in [-0.15, -0.1) is 6.58 Å². The molecule has 7 heteroatoms. The summed E-state index contributed by atoms with van der Waals surface area (Å²) in [5, 5.41) is 0. The highest BCUT2D eigenvalue weighted by atomic mass is 19.1. The zero-order chi connectivity index (χ0) is 16.6. The van der Waals surface area contributed by atoms with Gasteiger partial charge in [-0.2, -0.15) is 0 Å². The van der Waals surface area contributed by atoms with E-state index in [1.54, 1.807) is 0 Å². The fourth-order valence-electron chi connectivity index (χ4n) is 2.94. The van der Waals surface area contributed by atoms with Crippen molar-refractivity contribution >= 4 is 17.8 Å². The second-order valence-electron chi connectivity index (χ2n) is 5.49. The molecule has 2 heterocycles. The SMILES string of the molecule is C=CCN1C(=O)[C@@H]2CN(C(=O)c3cccc(F)c3)CCN2C1=O. The summed E-state index contributed by atoms with van der Waals surface area (Å²) in [6.45, 7) is 4.40. The van der Waals surface area contributed by atoms with E-state index in [0.29, 0.717) is 6.54 Å². The minimum atomic E-state index is -0.672. The predicted molar refractivity (Wildman–Crippen MR) is 80.1 cm³/mol. The van der Waals surface area contributed by atoms with E-state index in [1.807, 2.05) is 0 Å². The van der Waals surface area contributed by atoms with Crippen molar-refractivity contribution < 1.29 is 18.8 Å². The first-order valence-electron chi connectivity index (χ1n) is 7.30. The molecule has 2 saturated heterocycles. The van der Waals surface area contributed by atoms with Gasteiger partial charge in [0.1, 0.15) is 11.9 Å². The molecule has 2 fully saturated rings. The number of benzene rings is 1. The van der Waals surface area contributed by atoms with Crippen molar-refractivity contribution in [1.82, 2.24) is 14.7 Å². The van der Waals surface area contributed by atoms with Crippen molar-refractivity contribution in [3.05, 3.63) is 48.3 Å². The van der Waals surface area contributed by atoms with Gasteiger partial charge in [0.15, 0.2) is 0 Å². The van der Waals surface area contributed by atoms with Gasteiger partial charge in [0.05, 0.1) is 6.54 Å². The highest BCUT2D eigenvalue weighted by Crippen LogP contribution is 2.23. The van der Waals surface area contributed by atoms with Crippen molar-refractivity contribution in [3.63, 3.8) is 0 Å². The third kappa shape index (κ3) is 2.58. The summed E-state index contributed by atoms with van der Waals surface area (Å²) in [6.07, 6.45) is 1.49. The molecule has 1 aromatic carbocycles. The quantitative estimate of drug-likeness (QED) is 0.619. The summed E-state index contributed by atoms with van der Waals surface area (Å²) in [7, 11) is 0. The Morgan fingerprint density at radius 1 is 1.35 bits per heavy atom. The number of carbonyl (C=O) groups excluding carboxylic acids is 3.